The second-order valence-electron chi connectivity index (χ2n) is 3.98. The maximum Gasteiger partial charge on any atom is 0.0908 e. The van der Waals surface area contributed by atoms with Crippen LogP contribution in [0.25, 0.3) is 0 Å². The normalized spacial score (nSPS) is 22.8. The molecule has 0 bridgehead atoms. The van der Waals surface area contributed by atoms with E-state index in [-0.39, 0.29) is 0 Å². The third-order valence-corrected chi connectivity index (χ3v) is 3.32. The van der Waals surface area contributed by atoms with E-state index in [1.54, 1.807) is 0 Å². The van der Waals surface area contributed by atoms with Crippen LogP contribution >= 0.6 is 0 Å². The van der Waals surface area contributed by atoms with Crippen molar-refractivity contribution in [3.8, 4) is 0 Å². The Morgan fingerprint density at radius 1 is 1.08 bits per heavy atom. The molecule has 0 atom stereocenters. The first kappa shape index (κ1) is 6.67. The highest BCUT2D eigenvalue weighted by molar-refractivity contribution is 5.46. The predicted octanol–water partition coefficient (Wildman–Crippen LogP) is 1.77. The summed E-state index contributed by atoms with van der Waals surface area (Å²) in [6.07, 6.45) is 4.03. The molecule has 0 amide bonds. The molecule has 0 unspecified atom stereocenters. The van der Waals surface area contributed by atoms with E-state index in [2.05, 4.69) is 18.2 Å². The lowest BCUT2D eigenvalue weighted by Gasteiger charge is -2.17. The number of aliphatic hydroxyl groups is 1. The van der Waals surface area contributed by atoms with Crippen LogP contribution in [0.1, 0.15) is 29.5 Å². The molecule has 1 N–H and O–H groups in total. The van der Waals surface area contributed by atoms with Gasteiger partial charge in [-0.2, -0.15) is 0 Å². The first-order valence-electron chi connectivity index (χ1n) is 4.63. The summed E-state index contributed by atoms with van der Waals surface area (Å²) in [5.74, 6) is 0. The Morgan fingerprint density at radius 2 is 1.67 bits per heavy atom. The number of hydrogen-bond acceptors (Lipinski definition) is 1. The molecule has 0 heterocycles. The van der Waals surface area contributed by atoms with Crippen molar-refractivity contribution in [2.24, 2.45) is 0 Å². The summed E-state index contributed by atoms with van der Waals surface area (Å²) in [7, 11) is 0. The molecule has 0 saturated carbocycles. The van der Waals surface area contributed by atoms with Gasteiger partial charge in [-0.3, -0.25) is 0 Å². The molecule has 0 saturated heterocycles. The van der Waals surface area contributed by atoms with Crippen LogP contribution in [0.5, 0.6) is 0 Å². The van der Waals surface area contributed by atoms with E-state index in [0.29, 0.717) is 0 Å². The lowest BCUT2D eigenvalue weighted by molar-refractivity contribution is 0.0402. The van der Waals surface area contributed by atoms with Crippen molar-refractivity contribution in [2.75, 3.05) is 0 Å². The molecule has 1 nitrogen and oxygen atoms in total. The maximum absolute atomic E-state index is 10.2. The van der Waals surface area contributed by atoms with Gasteiger partial charge in [-0.05, 0) is 42.4 Å². The topological polar surface area (TPSA) is 20.2 Å². The largest absolute Gasteiger partial charge is 0.385 e. The lowest BCUT2D eigenvalue weighted by Crippen LogP contribution is -2.17. The van der Waals surface area contributed by atoms with Crippen LogP contribution in [0.15, 0.2) is 18.2 Å². The Hall–Kier alpha value is -0.820. The van der Waals surface area contributed by atoms with Gasteiger partial charge >= 0.3 is 0 Å². The van der Waals surface area contributed by atoms with Gasteiger partial charge in [0.2, 0.25) is 0 Å². The SMILES string of the molecule is OC12CCc3cccc(c31)CC2. The predicted molar refractivity (Wildman–Crippen MR) is 47.0 cm³/mol. The fourth-order valence-corrected chi connectivity index (χ4v) is 2.73. The van der Waals surface area contributed by atoms with Crippen LogP contribution in [0, 0.1) is 0 Å². The minimum Gasteiger partial charge on any atom is -0.385 e. The summed E-state index contributed by atoms with van der Waals surface area (Å²) < 4.78 is 0. The molecule has 2 aliphatic rings. The van der Waals surface area contributed by atoms with Crippen molar-refractivity contribution in [3.05, 3.63) is 34.9 Å². The van der Waals surface area contributed by atoms with Crippen molar-refractivity contribution < 1.29 is 5.11 Å². The van der Waals surface area contributed by atoms with Gasteiger partial charge in [-0.25, -0.2) is 0 Å². The summed E-state index contributed by atoms with van der Waals surface area (Å²) in [6, 6.07) is 6.43. The van der Waals surface area contributed by atoms with Crippen LogP contribution in [0.2, 0.25) is 0 Å². The second-order valence-corrected chi connectivity index (χ2v) is 3.98. The lowest BCUT2D eigenvalue weighted by atomic mass is 9.99. The maximum atomic E-state index is 10.2. The van der Waals surface area contributed by atoms with Crippen LogP contribution in [-0.2, 0) is 18.4 Å². The Labute approximate surface area is 72.0 Å². The van der Waals surface area contributed by atoms with Gasteiger partial charge in [0.15, 0.2) is 0 Å². The molecule has 0 spiro atoms. The van der Waals surface area contributed by atoms with Crippen molar-refractivity contribution in [2.45, 2.75) is 31.3 Å². The Morgan fingerprint density at radius 3 is 2.25 bits per heavy atom. The van der Waals surface area contributed by atoms with Gasteiger partial charge in [0.05, 0.1) is 5.60 Å². The van der Waals surface area contributed by atoms with Crippen molar-refractivity contribution in [3.63, 3.8) is 0 Å². The van der Waals surface area contributed by atoms with Crippen molar-refractivity contribution >= 4 is 0 Å². The van der Waals surface area contributed by atoms with Crippen molar-refractivity contribution in [1.29, 1.82) is 0 Å². The Bertz CT molecular complexity index is 315. The summed E-state index contributed by atoms with van der Waals surface area (Å²) in [6.45, 7) is 0. The van der Waals surface area contributed by atoms with Crippen LogP contribution < -0.4 is 0 Å². The average molecular weight is 160 g/mol. The standard InChI is InChI=1S/C11H12O/c12-11-6-4-8-2-1-3-9(5-7-11)10(8)11/h1-3,12H,4-7H2. The third kappa shape index (κ3) is 0.632. The van der Waals surface area contributed by atoms with E-state index in [4.69, 9.17) is 0 Å². The summed E-state index contributed by atoms with van der Waals surface area (Å²) >= 11 is 0. The number of rotatable bonds is 0. The first-order chi connectivity index (χ1) is 5.80. The van der Waals surface area contributed by atoms with Gasteiger partial charge in [0.25, 0.3) is 0 Å². The molecular formula is C11H12O. The zero-order valence-corrected chi connectivity index (χ0v) is 7.01. The summed E-state index contributed by atoms with van der Waals surface area (Å²) in [4.78, 5) is 0. The molecule has 1 heteroatoms. The number of aryl methyl sites for hydroxylation is 2. The fraction of sp³-hybridized carbons (Fsp3) is 0.455. The van der Waals surface area contributed by atoms with E-state index < -0.39 is 5.60 Å². The van der Waals surface area contributed by atoms with Gasteiger partial charge in [0, 0.05) is 0 Å². The van der Waals surface area contributed by atoms with E-state index in [1.807, 2.05) is 0 Å². The Kier molecular flexibility index (Phi) is 1.06. The minimum absolute atomic E-state index is 0.439. The molecule has 0 aromatic heterocycles. The van der Waals surface area contributed by atoms with Crippen LogP contribution in [0.4, 0.5) is 0 Å². The first-order valence-corrected chi connectivity index (χ1v) is 4.63. The molecule has 0 aliphatic heterocycles. The molecule has 1 aromatic rings. The third-order valence-electron chi connectivity index (χ3n) is 3.32. The quantitative estimate of drug-likeness (QED) is 0.613. The molecular weight excluding hydrogens is 148 g/mol. The molecule has 2 aliphatic carbocycles. The smallest absolute Gasteiger partial charge is 0.0908 e. The zero-order valence-electron chi connectivity index (χ0n) is 7.01. The van der Waals surface area contributed by atoms with Gasteiger partial charge in [0.1, 0.15) is 0 Å². The van der Waals surface area contributed by atoms with E-state index in [0.717, 1.165) is 25.7 Å². The van der Waals surface area contributed by atoms with E-state index in [9.17, 15) is 5.11 Å². The molecule has 0 radical (unpaired) electrons. The Balaban J connectivity index is 2.33. The molecule has 0 fully saturated rings. The van der Waals surface area contributed by atoms with Gasteiger partial charge in [-0.15, -0.1) is 0 Å². The number of benzene rings is 1. The van der Waals surface area contributed by atoms with Crippen molar-refractivity contribution in [1.82, 2.24) is 0 Å². The minimum atomic E-state index is -0.439. The number of hydrogen-bond donors (Lipinski definition) is 1. The summed E-state index contributed by atoms with van der Waals surface area (Å²) in [5.41, 5.74) is 3.59. The second kappa shape index (κ2) is 1.91. The zero-order chi connectivity index (χ0) is 8.18. The highest BCUT2D eigenvalue weighted by Crippen LogP contribution is 2.46. The van der Waals surface area contributed by atoms with E-state index in [1.165, 1.54) is 16.7 Å². The molecule has 3 rings (SSSR count). The van der Waals surface area contributed by atoms with Gasteiger partial charge in [-0.1, -0.05) is 18.2 Å². The summed E-state index contributed by atoms with van der Waals surface area (Å²) in [5, 5.41) is 10.2. The molecule has 12 heavy (non-hydrogen) atoms. The molecule has 62 valence electrons. The molecule has 1 aromatic carbocycles. The highest BCUT2D eigenvalue weighted by Gasteiger charge is 2.42. The average Bonchev–Trinajstić information content (AvgIpc) is 2.58. The van der Waals surface area contributed by atoms with Crippen LogP contribution in [0.3, 0.4) is 0 Å². The fourth-order valence-electron chi connectivity index (χ4n) is 2.73. The van der Waals surface area contributed by atoms with Crippen LogP contribution in [-0.4, -0.2) is 5.11 Å². The van der Waals surface area contributed by atoms with E-state index >= 15 is 0 Å². The van der Waals surface area contributed by atoms with Gasteiger partial charge < -0.3 is 5.11 Å². The monoisotopic (exact) mass is 160 g/mol. The highest BCUT2D eigenvalue weighted by atomic mass is 16.3.